The number of nitrogens with zero attached hydrogens (tertiary/aromatic N) is 1. The fraction of sp³-hybridized carbons (Fsp3) is 0.350. The highest BCUT2D eigenvalue weighted by Crippen LogP contribution is 2.43. The van der Waals surface area contributed by atoms with Crippen LogP contribution in [0.1, 0.15) is 46.6 Å². The van der Waals surface area contributed by atoms with Crippen molar-refractivity contribution in [1.82, 2.24) is 10.2 Å². The van der Waals surface area contributed by atoms with Crippen LogP contribution in [0.2, 0.25) is 0 Å². The van der Waals surface area contributed by atoms with Gasteiger partial charge < -0.3 is 15.0 Å². The number of carbonyl (C=O) groups excluding carboxylic acids is 3. The van der Waals surface area contributed by atoms with Crippen molar-refractivity contribution in [2.45, 2.75) is 31.8 Å². The number of hydrogen-bond donors (Lipinski definition) is 1. The van der Waals surface area contributed by atoms with Gasteiger partial charge in [-0.05, 0) is 36.9 Å². The summed E-state index contributed by atoms with van der Waals surface area (Å²) in [5.41, 5.74) is 1.18. The van der Waals surface area contributed by atoms with Gasteiger partial charge in [0.05, 0.1) is 18.6 Å². The fourth-order valence-corrected chi connectivity index (χ4v) is 4.31. The molecule has 0 saturated heterocycles. The summed E-state index contributed by atoms with van der Waals surface area (Å²) >= 11 is 1.50. The quantitative estimate of drug-likeness (QED) is 0.802. The summed E-state index contributed by atoms with van der Waals surface area (Å²) in [5, 5.41) is 4.68. The molecule has 0 fully saturated rings. The largest absolute Gasteiger partial charge is 0.464 e. The first-order chi connectivity index (χ1) is 13.0. The van der Waals surface area contributed by atoms with Crippen molar-refractivity contribution in [3.63, 3.8) is 0 Å². The molecular weight excluding hydrogens is 364 g/mol. The summed E-state index contributed by atoms with van der Waals surface area (Å²) in [7, 11) is 1.71. The smallest absolute Gasteiger partial charge is 0.328 e. The van der Waals surface area contributed by atoms with Crippen LogP contribution in [0.25, 0.3) is 0 Å². The Hall–Kier alpha value is -2.67. The third-order valence-electron chi connectivity index (χ3n) is 4.70. The minimum absolute atomic E-state index is 0.119. The first-order valence-corrected chi connectivity index (χ1v) is 9.70. The Morgan fingerprint density at radius 3 is 2.67 bits per heavy atom. The van der Waals surface area contributed by atoms with Crippen LogP contribution < -0.4 is 5.32 Å². The first-order valence-electron chi connectivity index (χ1n) is 8.82. The van der Waals surface area contributed by atoms with E-state index in [4.69, 9.17) is 4.74 Å². The van der Waals surface area contributed by atoms with Crippen molar-refractivity contribution >= 4 is 29.1 Å². The highest BCUT2D eigenvalue weighted by molar-refractivity contribution is 7.10. The number of nitrogens with one attached hydrogen (secondary N) is 1. The second kappa shape index (κ2) is 7.92. The maximum Gasteiger partial charge on any atom is 0.328 e. The van der Waals surface area contributed by atoms with Crippen LogP contribution in [0, 0.1) is 0 Å². The van der Waals surface area contributed by atoms with Crippen molar-refractivity contribution in [1.29, 1.82) is 0 Å². The number of ether oxygens (including phenoxy) is 1. The molecule has 7 heteroatoms. The maximum atomic E-state index is 13.2. The highest BCUT2D eigenvalue weighted by atomic mass is 32.1. The summed E-state index contributed by atoms with van der Waals surface area (Å²) in [6.45, 7) is 3.57. The van der Waals surface area contributed by atoms with Crippen molar-refractivity contribution in [2.75, 3.05) is 13.7 Å². The average Bonchev–Trinajstić information content (AvgIpc) is 3.18. The van der Waals surface area contributed by atoms with Gasteiger partial charge in [-0.1, -0.05) is 24.3 Å². The Bertz CT molecular complexity index is 849. The van der Waals surface area contributed by atoms with Crippen LogP contribution in [0.15, 0.2) is 41.8 Å². The monoisotopic (exact) mass is 386 g/mol. The lowest BCUT2D eigenvalue weighted by Crippen LogP contribution is -2.48. The van der Waals surface area contributed by atoms with E-state index in [1.807, 2.05) is 23.6 Å². The van der Waals surface area contributed by atoms with E-state index >= 15 is 0 Å². The van der Waals surface area contributed by atoms with Gasteiger partial charge in [-0.3, -0.25) is 9.59 Å². The number of carbonyl (C=O) groups is 3. The van der Waals surface area contributed by atoms with E-state index in [1.165, 1.54) is 11.3 Å². The van der Waals surface area contributed by atoms with Gasteiger partial charge >= 0.3 is 5.97 Å². The second-order valence-electron chi connectivity index (χ2n) is 6.42. The number of amides is 2. The molecule has 0 aliphatic carbocycles. The summed E-state index contributed by atoms with van der Waals surface area (Å²) in [6.07, 6.45) is 0. The Kier molecular flexibility index (Phi) is 5.60. The van der Waals surface area contributed by atoms with Crippen LogP contribution in [0.4, 0.5) is 0 Å². The third kappa shape index (κ3) is 3.60. The number of fused-ring (bicyclic) bond motifs is 1. The number of thiophene rings is 1. The van der Waals surface area contributed by atoms with Crippen LogP contribution in [0.5, 0.6) is 0 Å². The van der Waals surface area contributed by atoms with E-state index in [0.29, 0.717) is 11.1 Å². The topological polar surface area (TPSA) is 75.7 Å². The number of hydrogen-bond acceptors (Lipinski definition) is 5. The summed E-state index contributed by atoms with van der Waals surface area (Å²) in [6, 6.07) is 9.76. The molecule has 0 saturated carbocycles. The lowest BCUT2D eigenvalue weighted by Gasteiger charge is -2.39. The van der Waals surface area contributed by atoms with Gasteiger partial charge in [0.1, 0.15) is 6.04 Å². The molecule has 2 amide bonds. The van der Waals surface area contributed by atoms with Gasteiger partial charge in [-0.25, -0.2) is 4.79 Å². The standard InChI is InChI=1S/C20H22N2O4S/c1-4-26-20(25)12(2)21-18(23)16-13-8-5-6-9-14(13)19(24)22(3)17(16)15-10-7-11-27-15/h5-12,16-17H,4H2,1-3H3,(H,21,23). The summed E-state index contributed by atoms with van der Waals surface area (Å²) in [4.78, 5) is 40.5. The molecule has 1 aromatic heterocycles. The molecule has 1 N–H and O–H groups in total. The van der Waals surface area contributed by atoms with E-state index in [0.717, 1.165) is 4.88 Å². The van der Waals surface area contributed by atoms with Crippen molar-refractivity contribution in [3.8, 4) is 0 Å². The summed E-state index contributed by atoms with van der Waals surface area (Å²) in [5.74, 6) is -1.52. The Morgan fingerprint density at radius 2 is 2.00 bits per heavy atom. The predicted molar refractivity (Wildman–Crippen MR) is 103 cm³/mol. The van der Waals surface area contributed by atoms with Crippen LogP contribution in [-0.2, 0) is 14.3 Å². The highest BCUT2D eigenvalue weighted by Gasteiger charge is 2.43. The van der Waals surface area contributed by atoms with E-state index in [1.54, 1.807) is 44.0 Å². The zero-order valence-electron chi connectivity index (χ0n) is 15.5. The van der Waals surface area contributed by atoms with E-state index in [2.05, 4.69) is 5.32 Å². The average molecular weight is 386 g/mol. The van der Waals surface area contributed by atoms with Crippen LogP contribution >= 0.6 is 11.3 Å². The molecule has 1 aromatic carbocycles. The molecule has 6 nitrogen and oxygen atoms in total. The number of benzene rings is 1. The molecule has 3 rings (SSSR count). The van der Waals surface area contributed by atoms with E-state index in [-0.39, 0.29) is 18.4 Å². The van der Waals surface area contributed by atoms with Gasteiger partial charge in [-0.2, -0.15) is 0 Å². The molecule has 2 heterocycles. The molecule has 0 bridgehead atoms. The van der Waals surface area contributed by atoms with Gasteiger partial charge in [0.15, 0.2) is 0 Å². The molecule has 3 unspecified atom stereocenters. The molecule has 2 aromatic rings. The molecule has 1 aliphatic heterocycles. The maximum absolute atomic E-state index is 13.2. The van der Waals surface area contributed by atoms with Crippen LogP contribution in [0.3, 0.4) is 0 Å². The second-order valence-corrected chi connectivity index (χ2v) is 7.40. The molecule has 0 spiro atoms. The number of esters is 1. The fourth-order valence-electron chi connectivity index (χ4n) is 3.40. The summed E-state index contributed by atoms with van der Waals surface area (Å²) < 4.78 is 4.98. The Labute approximate surface area is 162 Å². The van der Waals surface area contributed by atoms with Gasteiger partial charge in [-0.15, -0.1) is 11.3 Å². The van der Waals surface area contributed by atoms with Crippen LogP contribution in [-0.4, -0.2) is 42.4 Å². The normalized spacial score (nSPS) is 20.0. The van der Waals surface area contributed by atoms with Crippen molar-refractivity contribution in [2.24, 2.45) is 0 Å². The molecular formula is C20H22N2O4S. The lowest BCUT2D eigenvalue weighted by molar-refractivity contribution is -0.147. The molecule has 142 valence electrons. The minimum Gasteiger partial charge on any atom is -0.464 e. The molecule has 1 aliphatic rings. The number of likely N-dealkylation sites (N-methyl/N-ethyl adjacent to an activating group) is 1. The van der Waals surface area contributed by atoms with Gasteiger partial charge in [0, 0.05) is 17.5 Å². The predicted octanol–water partition coefficient (Wildman–Crippen LogP) is 2.73. The number of rotatable bonds is 5. The molecule has 27 heavy (non-hydrogen) atoms. The van der Waals surface area contributed by atoms with Crippen molar-refractivity contribution in [3.05, 3.63) is 57.8 Å². The Balaban J connectivity index is 2.00. The third-order valence-corrected chi connectivity index (χ3v) is 5.64. The lowest BCUT2D eigenvalue weighted by atomic mass is 9.81. The van der Waals surface area contributed by atoms with Gasteiger partial charge in [0.2, 0.25) is 5.91 Å². The van der Waals surface area contributed by atoms with Crippen molar-refractivity contribution < 1.29 is 19.1 Å². The zero-order valence-corrected chi connectivity index (χ0v) is 16.3. The zero-order chi connectivity index (χ0) is 19.6. The molecule has 0 radical (unpaired) electrons. The first kappa shape index (κ1) is 19.1. The minimum atomic E-state index is -0.767. The SMILES string of the molecule is CCOC(=O)C(C)NC(=O)C1c2ccccc2C(=O)N(C)C1c1cccs1. The van der Waals surface area contributed by atoms with E-state index < -0.39 is 24.0 Å². The van der Waals surface area contributed by atoms with E-state index in [9.17, 15) is 14.4 Å². The molecule has 3 atom stereocenters. The van der Waals surface area contributed by atoms with Gasteiger partial charge in [0.25, 0.3) is 5.91 Å². The Morgan fingerprint density at radius 1 is 1.26 bits per heavy atom.